The molecule has 3 N–H and O–H groups in total. The van der Waals surface area contributed by atoms with Crippen molar-refractivity contribution in [1.29, 1.82) is 0 Å². The minimum Gasteiger partial charge on any atom is -0.399 e. The smallest absolute Gasteiger partial charge is 0.0738 e. The molecule has 0 spiro atoms. The number of nitrogen functional groups attached to an aromatic ring is 1. The van der Waals surface area contributed by atoms with E-state index in [0.29, 0.717) is 5.02 Å². The van der Waals surface area contributed by atoms with E-state index in [0.717, 1.165) is 33.6 Å². The third-order valence-corrected chi connectivity index (χ3v) is 3.59. The van der Waals surface area contributed by atoms with Crippen molar-refractivity contribution in [3.8, 4) is 0 Å². The summed E-state index contributed by atoms with van der Waals surface area (Å²) in [4.78, 5) is 4.31. The van der Waals surface area contributed by atoms with Crippen LogP contribution in [0.1, 0.15) is 12.5 Å². The maximum Gasteiger partial charge on any atom is 0.0738 e. The van der Waals surface area contributed by atoms with Gasteiger partial charge in [-0.3, -0.25) is 10.4 Å². The Kier molecular flexibility index (Phi) is 3.94. The van der Waals surface area contributed by atoms with Gasteiger partial charge in [-0.1, -0.05) is 23.7 Å². The van der Waals surface area contributed by atoms with Gasteiger partial charge in [0.1, 0.15) is 0 Å². The number of anilines is 2. The van der Waals surface area contributed by atoms with Crippen molar-refractivity contribution in [3.63, 3.8) is 0 Å². The number of aromatic nitrogens is 1. The summed E-state index contributed by atoms with van der Waals surface area (Å²) in [6.45, 7) is 1.93. The lowest BCUT2D eigenvalue weighted by atomic mass is 10.1. The molecule has 0 bridgehead atoms. The number of hydrazone groups is 1. The van der Waals surface area contributed by atoms with Crippen molar-refractivity contribution in [2.24, 2.45) is 5.10 Å². The van der Waals surface area contributed by atoms with Gasteiger partial charge in [-0.05, 0) is 48.9 Å². The number of nitrogens with zero attached hydrogens (tertiary/aromatic N) is 2. The molecule has 0 fully saturated rings. The highest BCUT2D eigenvalue weighted by Crippen LogP contribution is 2.24. The topological polar surface area (TPSA) is 63.3 Å². The number of hydrogen-bond acceptors (Lipinski definition) is 4. The van der Waals surface area contributed by atoms with Crippen molar-refractivity contribution in [2.45, 2.75) is 6.92 Å². The molecule has 22 heavy (non-hydrogen) atoms. The van der Waals surface area contributed by atoms with E-state index >= 15 is 0 Å². The number of rotatable bonds is 3. The summed E-state index contributed by atoms with van der Waals surface area (Å²) in [6, 6.07) is 15.1. The number of benzene rings is 2. The van der Waals surface area contributed by atoms with E-state index in [2.05, 4.69) is 15.5 Å². The zero-order valence-electron chi connectivity index (χ0n) is 12.0. The van der Waals surface area contributed by atoms with Crippen LogP contribution in [-0.2, 0) is 0 Å². The number of nitrogens with two attached hydrogens (primary N) is 1. The van der Waals surface area contributed by atoms with Crippen molar-refractivity contribution < 1.29 is 0 Å². The summed E-state index contributed by atoms with van der Waals surface area (Å²) in [6.07, 6.45) is 1.73. The van der Waals surface area contributed by atoms with Crippen LogP contribution in [0.2, 0.25) is 5.02 Å². The second-order valence-corrected chi connectivity index (χ2v) is 5.39. The SMILES string of the molecule is CC(=NNc1ccnc2cc(Cl)ccc12)c1cccc(N)c1. The predicted molar refractivity (Wildman–Crippen MR) is 93.4 cm³/mol. The van der Waals surface area contributed by atoms with Gasteiger partial charge in [0, 0.05) is 22.3 Å². The molecule has 110 valence electrons. The summed E-state index contributed by atoms with van der Waals surface area (Å²) in [5.41, 5.74) is 13.1. The predicted octanol–water partition coefficient (Wildman–Crippen LogP) is 4.31. The molecule has 1 heterocycles. The normalized spacial score (nSPS) is 11.6. The van der Waals surface area contributed by atoms with E-state index in [9.17, 15) is 0 Å². The minimum atomic E-state index is 0.664. The number of fused-ring (bicyclic) bond motifs is 1. The highest BCUT2D eigenvalue weighted by atomic mass is 35.5. The Morgan fingerprint density at radius 2 is 2.05 bits per heavy atom. The molecule has 0 saturated heterocycles. The molecule has 0 aliphatic carbocycles. The van der Waals surface area contributed by atoms with Crippen molar-refractivity contribution in [2.75, 3.05) is 11.2 Å². The molecule has 0 radical (unpaired) electrons. The lowest BCUT2D eigenvalue weighted by Gasteiger charge is -2.07. The third-order valence-electron chi connectivity index (χ3n) is 3.35. The van der Waals surface area contributed by atoms with Crippen molar-refractivity contribution in [3.05, 3.63) is 65.3 Å². The third kappa shape index (κ3) is 3.02. The van der Waals surface area contributed by atoms with Crippen LogP contribution in [0.5, 0.6) is 0 Å². The molecular weight excluding hydrogens is 296 g/mol. The fourth-order valence-electron chi connectivity index (χ4n) is 2.19. The second-order valence-electron chi connectivity index (χ2n) is 4.95. The molecule has 0 amide bonds. The van der Waals surface area contributed by atoms with Crippen LogP contribution in [0.3, 0.4) is 0 Å². The Morgan fingerprint density at radius 3 is 2.86 bits per heavy atom. The van der Waals surface area contributed by atoms with Gasteiger partial charge in [0.05, 0.1) is 16.9 Å². The van der Waals surface area contributed by atoms with Crippen molar-refractivity contribution in [1.82, 2.24) is 4.98 Å². The van der Waals surface area contributed by atoms with Gasteiger partial charge in [-0.25, -0.2) is 0 Å². The van der Waals surface area contributed by atoms with E-state index in [1.807, 2.05) is 55.5 Å². The quantitative estimate of drug-likeness (QED) is 0.430. The molecule has 3 rings (SSSR count). The average molecular weight is 311 g/mol. The molecule has 5 heteroatoms. The first-order chi connectivity index (χ1) is 10.6. The zero-order valence-corrected chi connectivity index (χ0v) is 12.8. The van der Waals surface area contributed by atoms with Gasteiger partial charge in [0.25, 0.3) is 0 Å². The van der Waals surface area contributed by atoms with Crippen molar-refractivity contribution >= 4 is 39.6 Å². The van der Waals surface area contributed by atoms with E-state index in [1.165, 1.54) is 0 Å². The van der Waals surface area contributed by atoms with Crippen LogP contribution >= 0.6 is 11.6 Å². The van der Waals surface area contributed by atoms with Gasteiger partial charge in [-0.2, -0.15) is 5.10 Å². The summed E-state index contributed by atoms with van der Waals surface area (Å²) < 4.78 is 0. The Bertz CT molecular complexity index is 858. The largest absolute Gasteiger partial charge is 0.399 e. The first kappa shape index (κ1) is 14.4. The van der Waals surface area contributed by atoms with E-state index in [4.69, 9.17) is 17.3 Å². The van der Waals surface area contributed by atoms with E-state index in [1.54, 1.807) is 6.20 Å². The lowest BCUT2D eigenvalue weighted by molar-refractivity contribution is 1.31. The molecule has 0 aliphatic heterocycles. The molecule has 0 saturated carbocycles. The zero-order chi connectivity index (χ0) is 15.5. The first-order valence-electron chi connectivity index (χ1n) is 6.84. The summed E-state index contributed by atoms with van der Waals surface area (Å²) >= 11 is 5.99. The van der Waals surface area contributed by atoms with Crippen LogP contribution in [0.25, 0.3) is 10.9 Å². The van der Waals surface area contributed by atoms with Gasteiger partial charge in [0.15, 0.2) is 0 Å². The van der Waals surface area contributed by atoms with Gasteiger partial charge in [-0.15, -0.1) is 0 Å². The lowest BCUT2D eigenvalue weighted by Crippen LogP contribution is -2.01. The summed E-state index contributed by atoms with van der Waals surface area (Å²) in [7, 11) is 0. The maximum absolute atomic E-state index is 5.99. The van der Waals surface area contributed by atoms with Crippen LogP contribution in [0, 0.1) is 0 Å². The molecule has 2 aromatic carbocycles. The minimum absolute atomic E-state index is 0.664. The number of hydrogen-bond donors (Lipinski definition) is 2. The molecule has 4 nitrogen and oxygen atoms in total. The summed E-state index contributed by atoms with van der Waals surface area (Å²) in [5.74, 6) is 0. The van der Waals surface area contributed by atoms with Gasteiger partial charge < -0.3 is 5.73 Å². The fraction of sp³-hybridized carbons (Fsp3) is 0.0588. The standard InChI is InChI=1S/C17H15ClN4/c1-11(12-3-2-4-14(19)9-12)21-22-16-7-8-20-17-10-13(18)5-6-15(16)17/h2-10H,19H2,1H3,(H,20,22). The van der Waals surface area contributed by atoms with Crippen LogP contribution < -0.4 is 11.2 Å². The molecule has 0 unspecified atom stereocenters. The highest BCUT2D eigenvalue weighted by molar-refractivity contribution is 6.31. The Morgan fingerprint density at radius 1 is 1.18 bits per heavy atom. The number of nitrogens with one attached hydrogen (secondary N) is 1. The van der Waals surface area contributed by atoms with E-state index in [-0.39, 0.29) is 0 Å². The average Bonchev–Trinajstić information content (AvgIpc) is 2.52. The molecule has 1 aromatic heterocycles. The fourth-order valence-corrected chi connectivity index (χ4v) is 2.36. The van der Waals surface area contributed by atoms with E-state index < -0.39 is 0 Å². The molecule has 3 aromatic rings. The van der Waals surface area contributed by atoms with Gasteiger partial charge >= 0.3 is 0 Å². The first-order valence-corrected chi connectivity index (χ1v) is 7.22. The van der Waals surface area contributed by atoms with Gasteiger partial charge in [0.2, 0.25) is 0 Å². The Hall–Kier alpha value is -2.59. The highest BCUT2D eigenvalue weighted by Gasteiger charge is 2.03. The molecule has 0 aliphatic rings. The number of halogens is 1. The van der Waals surface area contributed by atoms with Crippen LogP contribution in [0.4, 0.5) is 11.4 Å². The monoisotopic (exact) mass is 310 g/mol. The maximum atomic E-state index is 5.99. The van der Waals surface area contributed by atoms with Crippen LogP contribution in [-0.4, -0.2) is 10.7 Å². The molecule has 0 atom stereocenters. The Labute approximate surface area is 133 Å². The summed E-state index contributed by atoms with van der Waals surface area (Å²) in [5, 5.41) is 6.06. The number of pyridine rings is 1. The molecular formula is C17H15ClN4. The second kappa shape index (κ2) is 6.03. The van der Waals surface area contributed by atoms with Crippen LogP contribution in [0.15, 0.2) is 59.8 Å². The Balaban J connectivity index is 1.92.